The number of alkyl halides is 2. The molecule has 0 saturated heterocycles. The van der Waals surface area contributed by atoms with Crippen LogP contribution in [0.4, 0.5) is 26.4 Å². The third kappa shape index (κ3) is 6.45. The van der Waals surface area contributed by atoms with Gasteiger partial charge in [-0.05, 0) is 86.1 Å². The molecule has 0 radical (unpaired) electrons. The Labute approximate surface area is 244 Å². The first-order chi connectivity index (χ1) is 20.2. The molecule has 0 spiro atoms. The van der Waals surface area contributed by atoms with Crippen molar-refractivity contribution < 1.29 is 13.6 Å². The molecule has 2 heterocycles. The summed E-state index contributed by atoms with van der Waals surface area (Å²) in [6.45, 7) is 0. The quantitative estimate of drug-likeness (QED) is 0.302. The number of fused-ring (bicyclic) bond motifs is 1. The number of hydrogen-bond donors (Lipinski definition) is 2. The van der Waals surface area contributed by atoms with Crippen LogP contribution in [0.3, 0.4) is 0 Å². The van der Waals surface area contributed by atoms with Crippen molar-refractivity contribution in [1.29, 1.82) is 5.26 Å². The SMILES string of the molecule is CN(c1nccc(Nc2cc(C3CCC(F)(F)C3)[nH]n2)n1)C1CCC(CC(=O)CC2Cc3ccc(C#N)cc3C2)CC1. The van der Waals surface area contributed by atoms with Gasteiger partial charge >= 0.3 is 0 Å². The third-order valence-electron chi connectivity index (χ3n) is 9.40. The van der Waals surface area contributed by atoms with Crippen LogP contribution in [0.2, 0.25) is 0 Å². The zero-order valence-corrected chi connectivity index (χ0v) is 24.0. The molecule has 6 rings (SSSR count). The van der Waals surface area contributed by atoms with Gasteiger partial charge < -0.3 is 10.2 Å². The largest absolute Gasteiger partial charge is 0.341 e. The number of halogens is 2. The number of carbonyl (C=O) groups is 1. The van der Waals surface area contributed by atoms with Gasteiger partial charge in [0.15, 0.2) is 5.82 Å². The number of benzene rings is 1. The molecule has 10 heteroatoms. The van der Waals surface area contributed by atoms with Crippen LogP contribution >= 0.6 is 0 Å². The Bertz CT molecular complexity index is 1470. The molecule has 3 aliphatic rings. The predicted octanol–water partition coefficient (Wildman–Crippen LogP) is 6.48. The highest BCUT2D eigenvalue weighted by atomic mass is 19.3. The van der Waals surface area contributed by atoms with E-state index in [0.29, 0.717) is 66.1 Å². The molecule has 2 fully saturated rings. The average molecular weight is 574 g/mol. The molecule has 8 nitrogen and oxygen atoms in total. The van der Waals surface area contributed by atoms with Gasteiger partial charge in [0.25, 0.3) is 0 Å². The lowest BCUT2D eigenvalue weighted by molar-refractivity contribution is -0.121. The normalized spacial score (nSPS) is 24.6. The lowest BCUT2D eigenvalue weighted by Gasteiger charge is -2.34. The average Bonchev–Trinajstić information content (AvgIpc) is 3.70. The van der Waals surface area contributed by atoms with E-state index in [1.165, 1.54) is 11.1 Å². The van der Waals surface area contributed by atoms with Crippen LogP contribution in [0.15, 0.2) is 36.5 Å². The number of aromatic amines is 1. The number of carbonyl (C=O) groups excluding carboxylic acids is 1. The Balaban J connectivity index is 0.969. The second kappa shape index (κ2) is 11.8. The maximum absolute atomic E-state index is 13.6. The van der Waals surface area contributed by atoms with Gasteiger partial charge in [-0.25, -0.2) is 13.8 Å². The van der Waals surface area contributed by atoms with E-state index in [1.54, 1.807) is 18.3 Å². The molecule has 1 aromatic carbocycles. The molecule has 2 saturated carbocycles. The molecule has 0 amide bonds. The van der Waals surface area contributed by atoms with Crippen molar-refractivity contribution in [3.63, 3.8) is 0 Å². The Morgan fingerprint density at radius 2 is 1.86 bits per heavy atom. The van der Waals surface area contributed by atoms with Gasteiger partial charge in [-0.3, -0.25) is 9.89 Å². The van der Waals surface area contributed by atoms with Crippen molar-refractivity contribution in [1.82, 2.24) is 20.2 Å². The van der Waals surface area contributed by atoms with E-state index in [0.717, 1.165) is 44.2 Å². The van der Waals surface area contributed by atoms with E-state index in [-0.39, 0.29) is 18.8 Å². The molecule has 0 aliphatic heterocycles. The van der Waals surface area contributed by atoms with Crippen LogP contribution in [-0.4, -0.2) is 45.0 Å². The minimum absolute atomic E-state index is 0.0827. The Hall–Kier alpha value is -3.87. The van der Waals surface area contributed by atoms with Gasteiger partial charge in [0, 0.05) is 62.6 Å². The van der Waals surface area contributed by atoms with Gasteiger partial charge in [-0.1, -0.05) is 6.07 Å². The van der Waals surface area contributed by atoms with E-state index >= 15 is 0 Å². The molecule has 3 aliphatic carbocycles. The van der Waals surface area contributed by atoms with Crippen LogP contribution in [0, 0.1) is 23.2 Å². The van der Waals surface area contributed by atoms with Crippen LogP contribution in [0.25, 0.3) is 0 Å². The van der Waals surface area contributed by atoms with Crippen molar-refractivity contribution >= 4 is 23.4 Å². The lowest BCUT2D eigenvalue weighted by Crippen LogP contribution is -2.36. The molecular formula is C32H37F2N7O. The number of nitrogens with zero attached hydrogens (tertiary/aromatic N) is 5. The summed E-state index contributed by atoms with van der Waals surface area (Å²) in [6, 6.07) is 11.9. The van der Waals surface area contributed by atoms with E-state index in [9.17, 15) is 13.6 Å². The van der Waals surface area contributed by atoms with E-state index in [2.05, 4.69) is 36.5 Å². The van der Waals surface area contributed by atoms with Crippen LogP contribution in [0.5, 0.6) is 0 Å². The first-order valence-electron chi connectivity index (χ1n) is 15.0. The number of ketones is 1. The standard InChI is InChI=1S/C32H37F2N7O/c1-41(31-36-11-9-29(38-31)37-30-17-28(39-40-30)24-8-10-32(33,34)18-24)26-6-3-20(4-7-26)15-27(42)16-22-13-23-5-2-21(19-35)12-25(23)14-22/h2,5,9,11-12,17,20,22,24,26H,3-4,6-8,10,13-16,18H2,1H3,(H2,36,37,38,39,40). The van der Waals surface area contributed by atoms with Gasteiger partial charge in [0.2, 0.25) is 11.9 Å². The van der Waals surface area contributed by atoms with Gasteiger partial charge in [0.1, 0.15) is 11.6 Å². The highest BCUT2D eigenvalue weighted by molar-refractivity contribution is 5.79. The molecule has 2 unspecified atom stereocenters. The van der Waals surface area contributed by atoms with E-state index in [4.69, 9.17) is 5.26 Å². The van der Waals surface area contributed by atoms with Crippen LogP contribution in [-0.2, 0) is 17.6 Å². The second-order valence-electron chi connectivity index (χ2n) is 12.5. The Morgan fingerprint density at radius 1 is 1.07 bits per heavy atom. The molecule has 3 aromatic rings. The molecule has 2 N–H and O–H groups in total. The fraction of sp³-hybridized carbons (Fsp3) is 0.531. The predicted molar refractivity (Wildman–Crippen MR) is 156 cm³/mol. The summed E-state index contributed by atoms with van der Waals surface area (Å²) in [5.41, 5.74) is 3.92. The fourth-order valence-electron chi connectivity index (χ4n) is 7.09. The smallest absolute Gasteiger partial charge is 0.248 e. The fourth-order valence-corrected chi connectivity index (χ4v) is 7.09. The summed E-state index contributed by atoms with van der Waals surface area (Å²) in [6.07, 6.45) is 8.99. The highest BCUT2D eigenvalue weighted by Crippen LogP contribution is 2.44. The summed E-state index contributed by atoms with van der Waals surface area (Å²) in [4.78, 5) is 24.2. The van der Waals surface area contributed by atoms with Crippen molar-refractivity contribution in [2.45, 2.75) is 88.5 Å². The summed E-state index contributed by atoms with van der Waals surface area (Å²) in [5, 5.41) is 19.5. The monoisotopic (exact) mass is 573 g/mol. The zero-order chi connectivity index (χ0) is 29.3. The van der Waals surface area contributed by atoms with Crippen molar-refractivity contribution in [2.24, 2.45) is 11.8 Å². The molecule has 2 aromatic heterocycles. The van der Waals surface area contributed by atoms with Crippen molar-refractivity contribution in [2.75, 3.05) is 17.3 Å². The van der Waals surface area contributed by atoms with Gasteiger partial charge in [0.05, 0.1) is 11.6 Å². The Kier molecular flexibility index (Phi) is 7.93. The first-order valence-corrected chi connectivity index (χ1v) is 15.0. The highest BCUT2D eigenvalue weighted by Gasteiger charge is 2.40. The number of rotatable bonds is 9. The minimum atomic E-state index is -2.60. The van der Waals surface area contributed by atoms with E-state index < -0.39 is 5.92 Å². The number of anilines is 3. The summed E-state index contributed by atoms with van der Waals surface area (Å²) >= 11 is 0. The van der Waals surface area contributed by atoms with Crippen molar-refractivity contribution in [3.8, 4) is 6.07 Å². The summed E-state index contributed by atoms with van der Waals surface area (Å²) in [5.74, 6) is 0.0733. The number of Topliss-reactive ketones (excluding diaryl/α,β-unsaturated/α-hetero) is 1. The molecular weight excluding hydrogens is 536 g/mol. The van der Waals surface area contributed by atoms with Crippen LogP contribution in [0.1, 0.15) is 86.1 Å². The molecule has 220 valence electrons. The summed E-state index contributed by atoms with van der Waals surface area (Å²) in [7, 11) is 2.01. The van der Waals surface area contributed by atoms with E-state index in [1.807, 2.05) is 25.2 Å². The third-order valence-corrected chi connectivity index (χ3v) is 9.40. The number of hydrogen-bond acceptors (Lipinski definition) is 7. The number of nitrogens with one attached hydrogen (secondary N) is 2. The van der Waals surface area contributed by atoms with Crippen LogP contribution < -0.4 is 10.2 Å². The first kappa shape index (κ1) is 28.3. The van der Waals surface area contributed by atoms with Gasteiger partial charge in [-0.2, -0.15) is 15.3 Å². The topological polar surface area (TPSA) is 111 Å². The van der Waals surface area contributed by atoms with Gasteiger partial charge in [-0.15, -0.1) is 0 Å². The molecule has 42 heavy (non-hydrogen) atoms. The molecule has 2 atom stereocenters. The number of aromatic nitrogens is 4. The molecule has 0 bridgehead atoms. The maximum atomic E-state index is 13.6. The minimum Gasteiger partial charge on any atom is -0.341 e. The zero-order valence-electron chi connectivity index (χ0n) is 24.0. The maximum Gasteiger partial charge on any atom is 0.248 e. The second-order valence-corrected chi connectivity index (χ2v) is 12.5. The lowest BCUT2D eigenvalue weighted by atomic mass is 9.81. The Morgan fingerprint density at radius 3 is 2.62 bits per heavy atom. The number of nitriles is 1. The van der Waals surface area contributed by atoms with Crippen molar-refractivity contribution in [3.05, 3.63) is 58.9 Å². The summed E-state index contributed by atoms with van der Waals surface area (Å²) < 4.78 is 27.3. The number of H-pyrrole nitrogens is 1.